The molecule has 0 aliphatic rings. The van der Waals surface area contributed by atoms with E-state index in [9.17, 15) is 15.0 Å². The van der Waals surface area contributed by atoms with Gasteiger partial charge in [-0.1, -0.05) is 231 Å². The average Bonchev–Trinajstić information content (AvgIpc) is 3.15. The minimum atomic E-state index is -0.657. The number of hydrogen-bond donors (Lipinski definition) is 3. The zero-order valence-corrected chi connectivity index (χ0v) is 35.3. The summed E-state index contributed by atoms with van der Waals surface area (Å²) in [5.41, 5.74) is 0. The number of amides is 1. The normalized spacial score (nSPS) is 13.1. The zero-order chi connectivity index (χ0) is 37.8. The highest BCUT2D eigenvalue weighted by Gasteiger charge is 2.20. The van der Waals surface area contributed by atoms with E-state index in [1.165, 1.54) is 199 Å². The lowest BCUT2D eigenvalue weighted by atomic mass is 10.0. The van der Waals surface area contributed by atoms with Crippen molar-refractivity contribution >= 4 is 5.91 Å². The molecule has 52 heavy (non-hydrogen) atoms. The van der Waals surface area contributed by atoms with Gasteiger partial charge in [-0.05, 0) is 44.9 Å². The number of carbonyl (C=O) groups is 1. The lowest BCUT2D eigenvalue weighted by Crippen LogP contribution is -2.45. The summed E-state index contributed by atoms with van der Waals surface area (Å²) in [5.74, 6) is -0.0300. The molecule has 3 N–H and O–H groups in total. The van der Waals surface area contributed by atoms with E-state index in [1.807, 2.05) is 0 Å². The minimum Gasteiger partial charge on any atom is -0.394 e. The third kappa shape index (κ3) is 40.1. The summed E-state index contributed by atoms with van der Waals surface area (Å²) in [6, 6.07) is -0.534. The Hall–Kier alpha value is -1.13. The molecule has 0 saturated carbocycles. The van der Waals surface area contributed by atoms with Gasteiger partial charge in [0, 0.05) is 6.42 Å². The van der Waals surface area contributed by atoms with Crippen LogP contribution in [0.1, 0.15) is 258 Å². The highest BCUT2D eigenvalue weighted by molar-refractivity contribution is 5.76. The fraction of sp³-hybridized carbons (Fsp3) is 0.896. The van der Waals surface area contributed by atoms with Gasteiger partial charge in [0.25, 0.3) is 0 Å². The Bertz CT molecular complexity index is 750. The van der Waals surface area contributed by atoms with E-state index in [1.54, 1.807) is 0 Å². The van der Waals surface area contributed by atoms with Crippen molar-refractivity contribution in [1.29, 1.82) is 0 Å². The second kappa shape index (κ2) is 44.3. The van der Waals surface area contributed by atoms with Crippen molar-refractivity contribution in [3.05, 3.63) is 24.3 Å². The van der Waals surface area contributed by atoms with Gasteiger partial charge in [0.05, 0.1) is 18.8 Å². The van der Waals surface area contributed by atoms with Crippen LogP contribution < -0.4 is 5.32 Å². The van der Waals surface area contributed by atoms with Crippen LogP contribution in [0.25, 0.3) is 0 Å². The van der Waals surface area contributed by atoms with Crippen LogP contribution in [0, 0.1) is 0 Å². The summed E-state index contributed by atoms with van der Waals surface area (Å²) >= 11 is 0. The zero-order valence-electron chi connectivity index (χ0n) is 35.3. The van der Waals surface area contributed by atoms with E-state index in [0.29, 0.717) is 12.8 Å². The van der Waals surface area contributed by atoms with E-state index in [0.717, 1.165) is 32.1 Å². The second-order valence-electron chi connectivity index (χ2n) is 16.2. The molecule has 0 heterocycles. The predicted octanol–water partition coefficient (Wildman–Crippen LogP) is 14.8. The lowest BCUT2D eigenvalue weighted by Gasteiger charge is -2.22. The molecule has 2 unspecified atom stereocenters. The Kier molecular flexibility index (Phi) is 43.3. The highest BCUT2D eigenvalue weighted by Crippen LogP contribution is 2.16. The van der Waals surface area contributed by atoms with Gasteiger partial charge in [-0.2, -0.15) is 0 Å². The number of hydrogen-bond acceptors (Lipinski definition) is 3. The van der Waals surface area contributed by atoms with E-state index in [-0.39, 0.29) is 12.5 Å². The smallest absolute Gasteiger partial charge is 0.220 e. The van der Waals surface area contributed by atoms with Crippen molar-refractivity contribution in [2.24, 2.45) is 0 Å². The second-order valence-corrected chi connectivity index (χ2v) is 16.2. The van der Waals surface area contributed by atoms with Crippen LogP contribution in [-0.2, 0) is 4.79 Å². The number of unbranched alkanes of at least 4 members (excludes halogenated alkanes) is 32. The molecule has 0 radical (unpaired) electrons. The van der Waals surface area contributed by atoms with Crippen molar-refractivity contribution in [3.63, 3.8) is 0 Å². The van der Waals surface area contributed by atoms with Crippen LogP contribution in [-0.4, -0.2) is 34.9 Å². The van der Waals surface area contributed by atoms with Crippen molar-refractivity contribution in [3.8, 4) is 0 Å². The molecule has 0 rings (SSSR count). The van der Waals surface area contributed by atoms with E-state index in [4.69, 9.17) is 0 Å². The summed E-state index contributed by atoms with van der Waals surface area (Å²) in [6.45, 7) is 4.36. The topological polar surface area (TPSA) is 69.6 Å². The van der Waals surface area contributed by atoms with Gasteiger partial charge in [0.1, 0.15) is 0 Å². The van der Waals surface area contributed by atoms with E-state index < -0.39 is 12.1 Å². The van der Waals surface area contributed by atoms with Gasteiger partial charge in [-0.25, -0.2) is 0 Å². The molecule has 0 aliphatic carbocycles. The Morgan fingerprint density at radius 3 is 1.15 bits per heavy atom. The standard InChI is InChI=1S/C48H93NO3/c1-3-5-7-9-11-13-15-17-19-20-21-22-23-24-25-26-27-28-30-32-34-36-38-40-42-44-48(52)49-46(45-50)47(51)43-41-39-37-35-33-31-29-18-16-14-12-10-8-6-4-2/h15,17,20-21,46-47,50-51H,3-14,16,18-19,22-45H2,1-2H3,(H,49,52)/b17-15-,21-20-. The highest BCUT2D eigenvalue weighted by atomic mass is 16.3. The third-order valence-electron chi connectivity index (χ3n) is 11.0. The summed E-state index contributed by atoms with van der Waals surface area (Å²) in [5, 5.41) is 23.2. The molecule has 0 bridgehead atoms. The largest absolute Gasteiger partial charge is 0.394 e. The number of allylic oxidation sites excluding steroid dienone is 4. The maximum atomic E-state index is 12.4. The number of rotatable bonds is 43. The first-order valence-corrected chi connectivity index (χ1v) is 23.5. The van der Waals surface area contributed by atoms with E-state index in [2.05, 4.69) is 43.5 Å². The number of aliphatic hydroxyl groups is 2. The monoisotopic (exact) mass is 732 g/mol. The van der Waals surface area contributed by atoms with Crippen LogP contribution in [0.5, 0.6) is 0 Å². The maximum Gasteiger partial charge on any atom is 0.220 e. The molecule has 0 saturated heterocycles. The molecule has 308 valence electrons. The minimum absolute atomic E-state index is 0.0300. The molecule has 2 atom stereocenters. The van der Waals surface area contributed by atoms with Gasteiger partial charge in [0.2, 0.25) is 5.91 Å². The summed E-state index contributed by atoms with van der Waals surface area (Å²) in [4.78, 5) is 12.4. The number of nitrogens with one attached hydrogen (secondary N) is 1. The molecular formula is C48H93NO3. The molecule has 0 spiro atoms. The fourth-order valence-corrected chi connectivity index (χ4v) is 7.33. The van der Waals surface area contributed by atoms with Crippen LogP contribution in [0.2, 0.25) is 0 Å². The molecule has 0 fully saturated rings. The van der Waals surface area contributed by atoms with Crippen molar-refractivity contribution in [2.75, 3.05) is 6.61 Å². The third-order valence-corrected chi connectivity index (χ3v) is 11.0. The first kappa shape index (κ1) is 50.9. The van der Waals surface area contributed by atoms with Crippen LogP contribution in [0.4, 0.5) is 0 Å². The molecule has 0 aromatic carbocycles. The molecular weight excluding hydrogens is 639 g/mol. The fourth-order valence-electron chi connectivity index (χ4n) is 7.33. The van der Waals surface area contributed by atoms with E-state index >= 15 is 0 Å². The summed E-state index contributed by atoms with van der Waals surface area (Å²) in [6.07, 6.45) is 56.9. The van der Waals surface area contributed by atoms with Gasteiger partial charge in [0.15, 0.2) is 0 Å². The van der Waals surface area contributed by atoms with Crippen LogP contribution >= 0.6 is 0 Å². The van der Waals surface area contributed by atoms with Gasteiger partial charge >= 0.3 is 0 Å². The molecule has 1 amide bonds. The predicted molar refractivity (Wildman–Crippen MR) is 230 cm³/mol. The molecule has 0 aromatic heterocycles. The summed E-state index contributed by atoms with van der Waals surface area (Å²) in [7, 11) is 0. The Labute approximate surface area is 326 Å². The molecule has 0 aromatic rings. The Morgan fingerprint density at radius 2 is 0.788 bits per heavy atom. The quantitative estimate of drug-likeness (QED) is 0.0432. The lowest BCUT2D eigenvalue weighted by molar-refractivity contribution is -0.123. The van der Waals surface area contributed by atoms with Crippen molar-refractivity contribution in [2.45, 2.75) is 270 Å². The molecule has 0 aliphatic heterocycles. The van der Waals surface area contributed by atoms with Crippen molar-refractivity contribution in [1.82, 2.24) is 5.32 Å². The Balaban J connectivity index is 3.47. The average molecular weight is 732 g/mol. The van der Waals surface area contributed by atoms with Crippen molar-refractivity contribution < 1.29 is 15.0 Å². The van der Waals surface area contributed by atoms with Crippen LogP contribution in [0.3, 0.4) is 0 Å². The van der Waals surface area contributed by atoms with Crippen LogP contribution in [0.15, 0.2) is 24.3 Å². The number of carbonyl (C=O) groups excluding carboxylic acids is 1. The first-order valence-electron chi connectivity index (χ1n) is 23.5. The van der Waals surface area contributed by atoms with Gasteiger partial charge in [-0.15, -0.1) is 0 Å². The first-order chi connectivity index (χ1) is 25.7. The molecule has 4 nitrogen and oxygen atoms in total. The SMILES string of the molecule is CCCCCCC/C=C\C/C=C\CCCCCCCCCCCCCCCC(=O)NC(CO)C(O)CCCCCCCCCCCCCCCCC. The summed E-state index contributed by atoms with van der Waals surface area (Å²) < 4.78 is 0. The maximum absolute atomic E-state index is 12.4. The van der Waals surface area contributed by atoms with Gasteiger partial charge in [-0.3, -0.25) is 4.79 Å². The Morgan fingerprint density at radius 1 is 0.462 bits per heavy atom. The molecule has 4 heteroatoms. The van der Waals surface area contributed by atoms with Gasteiger partial charge < -0.3 is 15.5 Å². The number of aliphatic hydroxyl groups excluding tert-OH is 2.